The number of rotatable bonds is 4. The largest absolute Gasteiger partial charge is 0.481 e. The first kappa shape index (κ1) is 9.14. The quantitative estimate of drug-likeness (QED) is 0.600. The minimum Gasteiger partial charge on any atom is -0.481 e. The second kappa shape index (κ2) is 3.34. The van der Waals surface area contributed by atoms with Crippen LogP contribution in [0.25, 0.3) is 0 Å². The molecular formula is C7H12O3. The summed E-state index contributed by atoms with van der Waals surface area (Å²) in [5.41, 5.74) is -0.763. The van der Waals surface area contributed by atoms with Crippen molar-refractivity contribution >= 4 is 12.3 Å². The summed E-state index contributed by atoms with van der Waals surface area (Å²) in [5.74, 6) is -0.852. The third kappa shape index (κ3) is 2.62. The normalized spacial score (nSPS) is 11.0. The molecule has 0 radical (unpaired) electrons. The zero-order chi connectivity index (χ0) is 8.20. The molecule has 0 heterocycles. The fourth-order valence-corrected chi connectivity index (χ4v) is 0.527. The summed E-state index contributed by atoms with van der Waals surface area (Å²) in [6, 6.07) is 0. The van der Waals surface area contributed by atoms with Crippen LogP contribution in [0.15, 0.2) is 0 Å². The average Bonchev–Trinajstić information content (AvgIpc) is 1.84. The van der Waals surface area contributed by atoms with E-state index in [4.69, 9.17) is 5.11 Å². The molecule has 0 bridgehead atoms. The first-order chi connectivity index (χ1) is 4.50. The highest BCUT2D eigenvalue weighted by Crippen LogP contribution is 2.21. The number of carbonyl (C=O) groups is 2. The molecule has 0 aliphatic heterocycles. The highest BCUT2D eigenvalue weighted by molar-refractivity contribution is 5.73. The molecule has 0 aromatic heterocycles. The van der Waals surface area contributed by atoms with Crippen molar-refractivity contribution in [2.45, 2.75) is 26.7 Å². The maximum absolute atomic E-state index is 10.4. The minimum absolute atomic E-state index is 0.319. The van der Waals surface area contributed by atoms with Gasteiger partial charge in [-0.25, -0.2) is 0 Å². The number of carboxylic acids is 1. The molecule has 0 rings (SSSR count). The van der Waals surface area contributed by atoms with Crippen molar-refractivity contribution in [3.8, 4) is 0 Å². The van der Waals surface area contributed by atoms with Gasteiger partial charge in [-0.15, -0.1) is 0 Å². The van der Waals surface area contributed by atoms with Gasteiger partial charge < -0.3 is 9.90 Å². The van der Waals surface area contributed by atoms with Crippen LogP contribution < -0.4 is 0 Å². The van der Waals surface area contributed by atoms with Crippen LogP contribution in [-0.4, -0.2) is 17.4 Å². The van der Waals surface area contributed by atoms with Gasteiger partial charge in [0, 0.05) is 6.42 Å². The number of aldehydes is 1. The summed E-state index contributed by atoms with van der Waals surface area (Å²) in [6.07, 6.45) is 1.47. The highest BCUT2D eigenvalue weighted by atomic mass is 16.4. The molecule has 0 unspecified atom stereocenters. The lowest BCUT2D eigenvalue weighted by Crippen LogP contribution is -2.23. The van der Waals surface area contributed by atoms with Gasteiger partial charge in [0.05, 0.1) is 5.41 Å². The van der Waals surface area contributed by atoms with E-state index >= 15 is 0 Å². The van der Waals surface area contributed by atoms with Gasteiger partial charge >= 0.3 is 5.97 Å². The average molecular weight is 144 g/mol. The van der Waals surface area contributed by atoms with Crippen molar-refractivity contribution in [2.75, 3.05) is 0 Å². The minimum atomic E-state index is -0.852. The van der Waals surface area contributed by atoms with Crippen LogP contribution >= 0.6 is 0 Å². The van der Waals surface area contributed by atoms with Crippen LogP contribution in [0, 0.1) is 5.41 Å². The first-order valence-corrected chi connectivity index (χ1v) is 3.18. The van der Waals surface area contributed by atoms with E-state index < -0.39 is 11.4 Å². The predicted octanol–water partition coefficient (Wildman–Crippen LogP) is 1.08. The Bertz CT molecular complexity index is 138. The molecule has 0 fully saturated rings. The van der Waals surface area contributed by atoms with Gasteiger partial charge in [0.25, 0.3) is 0 Å². The van der Waals surface area contributed by atoms with E-state index in [0.717, 1.165) is 6.29 Å². The second-order valence-electron chi connectivity index (χ2n) is 2.89. The van der Waals surface area contributed by atoms with E-state index in [1.54, 1.807) is 13.8 Å². The number of hydrogen-bond donors (Lipinski definition) is 1. The summed E-state index contributed by atoms with van der Waals surface area (Å²) in [5, 5.41) is 8.55. The Balaban J connectivity index is 3.86. The Morgan fingerprint density at radius 2 is 2.10 bits per heavy atom. The lowest BCUT2D eigenvalue weighted by Gasteiger charge is -2.16. The maximum Gasteiger partial charge on any atom is 0.309 e. The summed E-state index contributed by atoms with van der Waals surface area (Å²) in [7, 11) is 0. The lowest BCUT2D eigenvalue weighted by atomic mass is 9.88. The van der Waals surface area contributed by atoms with Crippen molar-refractivity contribution in [3.63, 3.8) is 0 Å². The van der Waals surface area contributed by atoms with Crippen molar-refractivity contribution in [3.05, 3.63) is 0 Å². The summed E-state index contributed by atoms with van der Waals surface area (Å²) in [4.78, 5) is 20.3. The Morgan fingerprint density at radius 1 is 1.60 bits per heavy atom. The molecule has 0 aliphatic rings. The van der Waals surface area contributed by atoms with Gasteiger partial charge in [0.2, 0.25) is 0 Å². The van der Waals surface area contributed by atoms with Gasteiger partial charge in [0.1, 0.15) is 6.29 Å². The molecule has 0 saturated heterocycles. The van der Waals surface area contributed by atoms with Gasteiger partial charge in [-0.2, -0.15) is 0 Å². The number of carbonyl (C=O) groups excluding carboxylic acids is 1. The molecule has 3 nitrogen and oxygen atoms in total. The summed E-state index contributed by atoms with van der Waals surface area (Å²) >= 11 is 0. The van der Waals surface area contributed by atoms with Crippen molar-refractivity contribution in [2.24, 2.45) is 5.41 Å². The molecule has 0 saturated carbocycles. The summed E-state index contributed by atoms with van der Waals surface area (Å²) in [6.45, 7) is 3.22. The lowest BCUT2D eigenvalue weighted by molar-refractivity contribution is -0.147. The van der Waals surface area contributed by atoms with Gasteiger partial charge in [-0.05, 0) is 20.3 Å². The van der Waals surface area contributed by atoms with Crippen molar-refractivity contribution in [1.29, 1.82) is 0 Å². The van der Waals surface area contributed by atoms with Gasteiger partial charge in [-0.1, -0.05) is 0 Å². The number of carboxylic acid groups (broad SMARTS) is 1. The van der Waals surface area contributed by atoms with Gasteiger partial charge in [0.15, 0.2) is 0 Å². The van der Waals surface area contributed by atoms with Crippen molar-refractivity contribution < 1.29 is 14.7 Å². The molecule has 10 heavy (non-hydrogen) atoms. The Morgan fingerprint density at radius 3 is 2.40 bits per heavy atom. The molecule has 3 heteroatoms. The van der Waals surface area contributed by atoms with Crippen LogP contribution in [0.3, 0.4) is 0 Å². The highest BCUT2D eigenvalue weighted by Gasteiger charge is 2.25. The molecule has 0 aliphatic carbocycles. The topological polar surface area (TPSA) is 54.4 Å². The molecule has 0 aromatic carbocycles. The van der Waals surface area contributed by atoms with Crippen LogP contribution in [0.2, 0.25) is 0 Å². The van der Waals surface area contributed by atoms with Crippen LogP contribution in [-0.2, 0) is 9.59 Å². The first-order valence-electron chi connectivity index (χ1n) is 3.18. The summed E-state index contributed by atoms with van der Waals surface area (Å²) < 4.78 is 0. The number of hydrogen-bond acceptors (Lipinski definition) is 2. The monoisotopic (exact) mass is 144 g/mol. The van der Waals surface area contributed by atoms with E-state index in [0.29, 0.717) is 12.8 Å². The fraction of sp³-hybridized carbons (Fsp3) is 0.714. The molecular weight excluding hydrogens is 132 g/mol. The predicted molar refractivity (Wildman–Crippen MR) is 36.7 cm³/mol. The Hall–Kier alpha value is -0.860. The Labute approximate surface area is 60.0 Å². The van der Waals surface area contributed by atoms with Crippen LogP contribution in [0.1, 0.15) is 26.7 Å². The van der Waals surface area contributed by atoms with Crippen LogP contribution in [0.4, 0.5) is 0 Å². The molecule has 0 amide bonds. The van der Waals surface area contributed by atoms with E-state index in [1.165, 1.54) is 0 Å². The SMILES string of the molecule is CC(C)(CCC=O)C(=O)O. The standard InChI is InChI=1S/C7H12O3/c1-7(2,6(9)10)4-3-5-8/h5H,3-4H2,1-2H3,(H,9,10). The maximum atomic E-state index is 10.4. The Kier molecular flexibility index (Phi) is 3.06. The zero-order valence-corrected chi connectivity index (χ0v) is 6.26. The smallest absolute Gasteiger partial charge is 0.309 e. The fourth-order valence-electron chi connectivity index (χ4n) is 0.527. The van der Waals surface area contributed by atoms with Crippen molar-refractivity contribution in [1.82, 2.24) is 0 Å². The molecule has 0 spiro atoms. The van der Waals surface area contributed by atoms with Crippen LogP contribution in [0.5, 0.6) is 0 Å². The third-order valence-electron chi connectivity index (χ3n) is 1.47. The van der Waals surface area contributed by atoms with E-state index in [2.05, 4.69) is 0 Å². The third-order valence-corrected chi connectivity index (χ3v) is 1.47. The molecule has 58 valence electrons. The molecule has 0 atom stereocenters. The number of aliphatic carboxylic acids is 1. The van der Waals surface area contributed by atoms with E-state index in [-0.39, 0.29) is 0 Å². The van der Waals surface area contributed by atoms with E-state index in [1.807, 2.05) is 0 Å². The zero-order valence-electron chi connectivity index (χ0n) is 6.26. The molecule has 0 aromatic rings. The molecule has 1 N–H and O–H groups in total. The van der Waals surface area contributed by atoms with E-state index in [9.17, 15) is 9.59 Å². The second-order valence-corrected chi connectivity index (χ2v) is 2.89. The van der Waals surface area contributed by atoms with Gasteiger partial charge in [-0.3, -0.25) is 4.79 Å².